The maximum absolute atomic E-state index is 11.9. The van der Waals surface area contributed by atoms with Crippen LogP contribution in [-0.2, 0) is 4.79 Å². The Balaban J connectivity index is 1.81. The molecule has 0 spiro atoms. The number of rotatable bonds is 2. The summed E-state index contributed by atoms with van der Waals surface area (Å²) in [4.78, 5) is 21.0. The maximum atomic E-state index is 11.9. The van der Waals surface area contributed by atoms with Gasteiger partial charge < -0.3 is 5.32 Å². The molecule has 0 radical (unpaired) electrons. The number of halogens is 1. The van der Waals surface area contributed by atoms with Gasteiger partial charge in [0.25, 0.3) is 5.91 Å². The van der Waals surface area contributed by atoms with E-state index in [9.17, 15) is 4.79 Å². The highest BCUT2D eigenvalue weighted by molar-refractivity contribution is 9.10. The fourth-order valence-corrected chi connectivity index (χ4v) is 2.83. The molecule has 21 heavy (non-hydrogen) atoms. The highest BCUT2D eigenvalue weighted by Crippen LogP contribution is 2.28. The van der Waals surface area contributed by atoms with E-state index in [-0.39, 0.29) is 5.91 Å². The van der Waals surface area contributed by atoms with Crippen LogP contribution in [0.25, 0.3) is 6.08 Å². The van der Waals surface area contributed by atoms with E-state index in [2.05, 4.69) is 31.2 Å². The van der Waals surface area contributed by atoms with Crippen LogP contribution < -0.4 is 5.32 Å². The Kier molecular flexibility index (Phi) is 4.17. The minimum atomic E-state index is -0.139. The average Bonchev–Trinajstić information content (AvgIpc) is 2.82. The average molecular weight is 360 g/mol. The fourth-order valence-electron chi connectivity index (χ4n) is 1.73. The highest BCUT2D eigenvalue weighted by Gasteiger charge is 2.23. The SMILES string of the molecule is O=C1NC(=Nc2ccc(Br)cc2)S/C1=C\c1cccnc1. The quantitative estimate of drug-likeness (QED) is 0.831. The van der Waals surface area contributed by atoms with Crippen LogP contribution in [-0.4, -0.2) is 16.1 Å². The molecule has 1 amide bonds. The van der Waals surface area contributed by atoms with Crippen LogP contribution in [0.15, 0.2) is 63.2 Å². The first-order valence-electron chi connectivity index (χ1n) is 6.16. The lowest BCUT2D eigenvalue weighted by atomic mass is 10.2. The number of hydrogen-bond acceptors (Lipinski definition) is 4. The summed E-state index contributed by atoms with van der Waals surface area (Å²) in [7, 11) is 0. The number of aromatic nitrogens is 1. The number of amides is 1. The van der Waals surface area contributed by atoms with E-state index in [4.69, 9.17) is 0 Å². The number of pyridine rings is 1. The van der Waals surface area contributed by atoms with Crippen molar-refractivity contribution in [3.05, 3.63) is 63.7 Å². The van der Waals surface area contributed by atoms with Crippen molar-refractivity contribution in [2.75, 3.05) is 0 Å². The molecule has 0 atom stereocenters. The van der Waals surface area contributed by atoms with E-state index >= 15 is 0 Å². The van der Waals surface area contributed by atoms with E-state index in [0.29, 0.717) is 10.1 Å². The lowest BCUT2D eigenvalue weighted by molar-refractivity contribution is -0.115. The number of carbonyl (C=O) groups excluding carboxylic acids is 1. The van der Waals surface area contributed by atoms with Gasteiger partial charge in [-0.25, -0.2) is 4.99 Å². The van der Waals surface area contributed by atoms with E-state index in [0.717, 1.165) is 15.7 Å². The largest absolute Gasteiger partial charge is 0.300 e. The van der Waals surface area contributed by atoms with Crippen molar-refractivity contribution in [1.82, 2.24) is 10.3 Å². The molecule has 0 aliphatic carbocycles. The molecule has 0 unspecified atom stereocenters. The number of aliphatic imine (C=N–C) groups is 1. The topological polar surface area (TPSA) is 54.4 Å². The summed E-state index contributed by atoms with van der Waals surface area (Å²) in [6, 6.07) is 11.3. The van der Waals surface area contributed by atoms with Gasteiger partial charge in [-0.1, -0.05) is 22.0 Å². The van der Waals surface area contributed by atoms with Crippen molar-refractivity contribution < 1.29 is 4.79 Å². The second kappa shape index (κ2) is 6.24. The fraction of sp³-hybridized carbons (Fsp3) is 0. The molecule has 4 nitrogen and oxygen atoms in total. The number of benzene rings is 1. The molecule has 2 heterocycles. The Labute approximate surface area is 134 Å². The highest BCUT2D eigenvalue weighted by atomic mass is 79.9. The van der Waals surface area contributed by atoms with Crippen molar-refractivity contribution in [2.24, 2.45) is 4.99 Å². The number of nitrogens with zero attached hydrogens (tertiary/aromatic N) is 2. The summed E-state index contributed by atoms with van der Waals surface area (Å²) in [5.74, 6) is -0.139. The zero-order chi connectivity index (χ0) is 14.7. The van der Waals surface area contributed by atoms with Crippen molar-refractivity contribution in [3.8, 4) is 0 Å². The smallest absolute Gasteiger partial charge is 0.264 e. The minimum Gasteiger partial charge on any atom is -0.300 e. The van der Waals surface area contributed by atoms with Gasteiger partial charge in [0.05, 0.1) is 10.6 Å². The molecule has 104 valence electrons. The predicted octanol–water partition coefficient (Wildman–Crippen LogP) is 3.74. The van der Waals surface area contributed by atoms with Crippen LogP contribution in [0.4, 0.5) is 5.69 Å². The third-order valence-corrected chi connectivity index (χ3v) is 4.13. The summed E-state index contributed by atoms with van der Waals surface area (Å²) in [5.41, 5.74) is 1.68. The first-order valence-corrected chi connectivity index (χ1v) is 7.77. The van der Waals surface area contributed by atoms with Crippen molar-refractivity contribution in [3.63, 3.8) is 0 Å². The van der Waals surface area contributed by atoms with Gasteiger partial charge in [0.15, 0.2) is 5.17 Å². The number of nitrogens with one attached hydrogen (secondary N) is 1. The molecular formula is C15H10BrN3OS. The number of hydrogen-bond donors (Lipinski definition) is 1. The van der Waals surface area contributed by atoms with Gasteiger partial charge in [0.2, 0.25) is 0 Å². The molecule has 1 aliphatic heterocycles. The van der Waals surface area contributed by atoms with Gasteiger partial charge in [0.1, 0.15) is 0 Å². The minimum absolute atomic E-state index is 0.139. The zero-order valence-electron chi connectivity index (χ0n) is 10.8. The van der Waals surface area contributed by atoms with E-state index in [1.165, 1.54) is 11.8 Å². The molecule has 1 aromatic carbocycles. The Bertz CT molecular complexity index is 726. The first-order chi connectivity index (χ1) is 10.2. The third kappa shape index (κ3) is 3.59. The summed E-state index contributed by atoms with van der Waals surface area (Å²) in [6.07, 6.45) is 5.21. The van der Waals surface area contributed by atoms with Crippen LogP contribution in [0.2, 0.25) is 0 Å². The molecule has 1 aliphatic rings. The van der Waals surface area contributed by atoms with Crippen molar-refractivity contribution in [1.29, 1.82) is 0 Å². The summed E-state index contributed by atoms with van der Waals surface area (Å²) in [5, 5.41) is 3.34. The summed E-state index contributed by atoms with van der Waals surface area (Å²) >= 11 is 4.70. The number of thioether (sulfide) groups is 1. The van der Waals surface area contributed by atoms with Crippen LogP contribution in [0.1, 0.15) is 5.56 Å². The second-order valence-corrected chi connectivity index (χ2v) is 6.19. The normalized spacial score (nSPS) is 18.2. The van der Waals surface area contributed by atoms with Gasteiger partial charge in [-0.15, -0.1) is 0 Å². The van der Waals surface area contributed by atoms with Crippen LogP contribution in [0, 0.1) is 0 Å². The Morgan fingerprint density at radius 3 is 2.76 bits per heavy atom. The number of amidine groups is 1. The number of carbonyl (C=O) groups is 1. The van der Waals surface area contributed by atoms with Crippen LogP contribution >= 0.6 is 27.7 Å². The Hall–Kier alpha value is -1.92. The molecule has 0 bridgehead atoms. The van der Waals surface area contributed by atoms with E-state index in [1.807, 2.05) is 36.4 Å². The molecule has 1 saturated heterocycles. The lowest BCUT2D eigenvalue weighted by Gasteiger charge is -1.96. The van der Waals surface area contributed by atoms with Crippen LogP contribution in [0.3, 0.4) is 0 Å². The van der Waals surface area contributed by atoms with E-state index < -0.39 is 0 Å². The first kappa shape index (κ1) is 14.0. The zero-order valence-corrected chi connectivity index (χ0v) is 13.2. The van der Waals surface area contributed by atoms with Crippen molar-refractivity contribution >= 4 is 50.5 Å². The molecule has 3 rings (SSSR count). The van der Waals surface area contributed by atoms with Gasteiger partial charge in [0, 0.05) is 16.9 Å². The molecule has 1 N–H and O–H groups in total. The summed E-state index contributed by atoms with van der Waals surface area (Å²) in [6.45, 7) is 0. The van der Waals surface area contributed by atoms with Crippen LogP contribution in [0.5, 0.6) is 0 Å². The molecular weight excluding hydrogens is 350 g/mol. The lowest BCUT2D eigenvalue weighted by Crippen LogP contribution is -2.19. The van der Waals surface area contributed by atoms with Gasteiger partial charge in [-0.3, -0.25) is 9.78 Å². The van der Waals surface area contributed by atoms with E-state index in [1.54, 1.807) is 18.5 Å². The maximum Gasteiger partial charge on any atom is 0.264 e. The van der Waals surface area contributed by atoms with Gasteiger partial charge in [-0.05, 0) is 53.7 Å². The molecule has 1 aromatic heterocycles. The second-order valence-electron chi connectivity index (χ2n) is 4.24. The summed E-state index contributed by atoms with van der Waals surface area (Å²) < 4.78 is 0.992. The Morgan fingerprint density at radius 2 is 2.05 bits per heavy atom. The van der Waals surface area contributed by atoms with Gasteiger partial charge >= 0.3 is 0 Å². The van der Waals surface area contributed by atoms with Crippen molar-refractivity contribution in [2.45, 2.75) is 0 Å². The van der Waals surface area contributed by atoms with Gasteiger partial charge in [-0.2, -0.15) is 0 Å². The predicted molar refractivity (Wildman–Crippen MR) is 89.2 cm³/mol. The molecule has 6 heteroatoms. The standard InChI is InChI=1S/C15H10BrN3OS/c16-11-3-5-12(6-4-11)18-15-19-14(20)13(21-15)8-10-2-1-7-17-9-10/h1-9H,(H,18,19,20)/b13-8-. The molecule has 1 fully saturated rings. The monoisotopic (exact) mass is 359 g/mol. The molecule has 2 aromatic rings. The Morgan fingerprint density at radius 1 is 1.24 bits per heavy atom. The molecule has 0 saturated carbocycles. The third-order valence-electron chi connectivity index (χ3n) is 2.69.